The topological polar surface area (TPSA) is 40.8 Å². The monoisotopic (exact) mass is 186 g/mol. The SMILES string of the molecule is COCc1ccc(C(OC)OC)o1. The molecule has 1 heterocycles. The summed E-state index contributed by atoms with van der Waals surface area (Å²) >= 11 is 0. The van der Waals surface area contributed by atoms with E-state index in [4.69, 9.17) is 18.6 Å². The zero-order valence-electron chi connectivity index (χ0n) is 8.07. The van der Waals surface area contributed by atoms with Crippen LogP contribution < -0.4 is 0 Å². The Morgan fingerprint density at radius 1 is 1.23 bits per heavy atom. The fourth-order valence-corrected chi connectivity index (χ4v) is 1.07. The highest BCUT2D eigenvalue weighted by Crippen LogP contribution is 2.20. The molecule has 0 aliphatic rings. The average molecular weight is 186 g/mol. The summed E-state index contributed by atoms with van der Waals surface area (Å²) in [4.78, 5) is 0. The first-order valence-corrected chi connectivity index (χ1v) is 3.95. The molecule has 0 amide bonds. The molecule has 0 atom stereocenters. The maximum Gasteiger partial charge on any atom is 0.216 e. The highest BCUT2D eigenvalue weighted by atomic mass is 16.7. The number of ether oxygens (including phenoxy) is 3. The van der Waals surface area contributed by atoms with Gasteiger partial charge in [0.25, 0.3) is 0 Å². The van der Waals surface area contributed by atoms with Crippen LogP contribution in [0.5, 0.6) is 0 Å². The van der Waals surface area contributed by atoms with Crippen LogP contribution in [0.4, 0.5) is 0 Å². The summed E-state index contributed by atoms with van der Waals surface area (Å²) in [5.41, 5.74) is 0. The third-order valence-corrected chi connectivity index (χ3v) is 1.63. The number of furan rings is 1. The first-order valence-electron chi connectivity index (χ1n) is 3.95. The van der Waals surface area contributed by atoms with Crippen molar-refractivity contribution in [3.05, 3.63) is 23.7 Å². The van der Waals surface area contributed by atoms with Gasteiger partial charge >= 0.3 is 0 Å². The molecule has 0 unspecified atom stereocenters. The van der Waals surface area contributed by atoms with Crippen LogP contribution in [0.15, 0.2) is 16.5 Å². The van der Waals surface area contributed by atoms with Crippen LogP contribution >= 0.6 is 0 Å². The lowest BCUT2D eigenvalue weighted by Gasteiger charge is -2.09. The minimum atomic E-state index is -0.439. The molecule has 13 heavy (non-hydrogen) atoms. The van der Waals surface area contributed by atoms with Crippen LogP contribution in [-0.4, -0.2) is 21.3 Å². The van der Waals surface area contributed by atoms with Gasteiger partial charge in [0, 0.05) is 21.3 Å². The van der Waals surface area contributed by atoms with Gasteiger partial charge in [-0.3, -0.25) is 0 Å². The average Bonchev–Trinajstić information content (AvgIpc) is 2.56. The van der Waals surface area contributed by atoms with Gasteiger partial charge in [-0.1, -0.05) is 0 Å². The maximum absolute atomic E-state index is 5.39. The van der Waals surface area contributed by atoms with Crippen molar-refractivity contribution in [2.45, 2.75) is 12.9 Å². The largest absolute Gasteiger partial charge is 0.458 e. The third-order valence-electron chi connectivity index (χ3n) is 1.63. The van der Waals surface area contributed by atoms with Crippen molar-refractivity contribution in [3.8, 4) is 0 Å². The van der Waals surface area contributed by atoms with E-state index in [1.54, 1.807) is 21.3 Å². The molecular weight excluding hydrogens is 172 g/mol. The van der Waals surface area contributed by atoms with Gasteiger partial charge < -0.3 is 18.6 Å². The quantitative estimate of drug-likeness (QED) is 0.656. The molecular formula is C9H14O4. The fraction of sp³-hybridized carbons (Fsp3) is 0.556. The molecule has 0 saturated heterocycles. The van der Waals surface area contributed by atoms with Crippen LogP contribution in [0.3, 0.4) is 0 Å². The summed E-state index contributed by atoms with van der Waals surface area (Å²) in [6.45, 7) is 0.458. The van der Waals surface area contributed by atoms with Crippen molar-refractivity contribution >= 4 is 0 Å². The molecule has 0 spiro atoms. The van der Waals surface area contributed by atoms with E-state index in [1.807, 2.05) is 12.1 Å². The summed E-state index contributed by atoms with van der Waals surface area (Å²) in [7, 11) is 4.74. The predicted molar refractivity (Wildman–Crippen MR) is 46.2 cm³/mol. The first-order chi connectivity index (χ1) is 6.31. The highest BCUT2D eigenvalue weighted by Gasteiger charge is 2.13. The summed E-state index contributed by atoms with van der Waals surface area (Å²) in [6, 6.07) is 3.65. The van der Waals surface area contributed by atoms with Gasteiger partial charge in [0.1, 0.15) is 12.4 Å². The van der Waals surface area contributed by atoms with E-state index in [9.17, 15) is 0 Å². The number of methoxy groups -OCH3 is 3. The van der Waals surface area contributed by atoms with Gasteiger partial charge in [-0.2, -0.15) is 0 Å². The molecule has 1 aromatic rings. The Bertz CT molecular complexity index is 240. The zero-order valence-corrected chi connectivity index (χ0v) is 8.07. The Kier molecular flexibility index (Phi) is 3.95. The number of hydrogen-bond acceptors (Lipinski definition) is 4. The van der Waals surface area contributed by atoms with Gasteiger partial charge in [0.2, 0.25) is 6.29 Å². The Balaban J connectivity index is 2.66. The molecule has 4 nitrogen and oxygen atoms in total. The van der Waals surface area contributed by atoms with Crippen molar-refractivity contribution in [1.82, 2.24) is 0 Å². The van der Waals surface area contributed by atoms with E-state index in [1.165, 1.54) is 0 Å². The lowest BCUT2D eigenvalue weighted by atomic mass is 10.4. The summed E-state index contributed by atoms with van der Waals surface area (Å²) in [5, 5.41) is 0. The molecule has 4 heteroatoms. The van der Waals surface area contributed by atoms with Gasteiger partial charge in [-0.05, 0) is 12.1 Å². The lowest BCUT2D eigenvalue weighted by Crippen LogP contribution is -2.01. The Hall–Kier alpha value is -0.840. The van der Waals surface area contributed by atoms with Crippen molar-refractivity contribution in [2.75, 3.05) is 21.3 Å². The standard InChI is InChI=1S/C9H14O4/c1-10-6-7-4-5-8(13-7)9(11-2)12-3/h4-5,9H,6H2,1-3H3. The normalized spacial score (nSPS) is 11.1. The second-order valence-electron chi connectivity index (χ2n) is 2.54. The van der Waals surface area contributed by atoms with Crippen LogP contribution in [-0.2, 0) is 20.8 Å². The van der Waals surface area contributed by atoms with E-state index in [-0.39, 0.29) is 0 Å². The molecule has 0 fully saturated rings. The van der Waals surface area contributed by atoms with Gasteiger partial charge in [0.05, 0.1) is 0 Å². The molecule has 0 aliphatic heterocycles. The third kappa shape index (κ3) is 2.55. The van der Waals surface area contributed by atoms with Crippen molar-refractivity contribution in [2.24, 2.45) is 0 Å². The van der Waals surface area contributed by atoms with E-state index in [0.29, 0.717) is 12.4 Å². The lowest BCUT2D eigenvalue weighted by molar-refractivity contribution is -0.118. The maximum atomic E-state index is 5.39. The second-order valence-corrected chi connectivity index (χ2v) is 2.54. The van der Waals surface area contributed by atoms with Gasteiger partial charge in [-0.15, -0.1) is 0 Å². The summed E-state index contributed by atoms with van der Waals surface area (Å²) < 4.78 is 20.3. The van der Waals surface area contributed by atoms with Gasteiger partial charge in [-0.25, -0.2) is 0 Å². The molecule has 0 bridgehead atoms. The van der Waals surface area contributed by atoms with Crippen LogP contribution in [0.25, 0.3) is 0 Å². The van der Waals surface area contributed by atoms with Crippen LogP contribution in [0.2, 0.25) is 0 Å². The van der Waals surface area contributed by atoms with E-state index in [2.05, 4.69) is 0 Å². The van der Waals surface area contributed by atoms with Crippen LogP contribution in [0.1, 0.15) is 17.8 Å². The van der Waals surface area contributed by atoms with Crippen molar-refractivity contribution in [3.63, 3.8) is 0 Å². The van der Waals surface area contributed by atoms with Crippen LogP contribution in [0, 0.1) is 0 Å². The molecule has 0 saturated carbocycles. The summed E-state index contributed by atoms with van der Waals surface area (Å²) in [6.07, 6.45) is -0.439. The Labute approximate surface area is 77.4 Å². The minimum Gasteiger partial charge on any atom is -0.458 e. The Morgan fingerprint density at radius 3 is 2.46 bits per heavy atom. The Morgan fingerprint density at radius 2 is 1.92 bits per heavy atom. The molecule has 0 aliphatic carbocycles. The molecule has 0 N–H and O–H groups in total. The molecule has 1 aromatic heterocycles. The minimum absolute atomic E-state index is 0.439. The van der Waals surface area contributed by atoms with Crippen molar-refractivity contribution in [1.29, 1.82) is 0 Å². The first kappa shape index (κ1) is 10.2. The number of rotatable bonds is 5. The zero-order chi connectivity index (χ0) is 9.68. The van der Waals surface area contributed by atoms with E-state index in [0.717, 1.165) is 5.76 Å². The van der Waals surface area contributed by atoms with E-state index < -0.39 is 6.29 Å². The summed E-state index contributed by atoms with van der Waals surface area (Å²) in [5.74, 6) is 1.41. The fourth-order valence-electron chi connectivity index (χ4n) is 1.07. The molecule has 74 valence electrons. The van der Waals surface area contributed by atoms with Gasteiger partial charge in [0.15, 0.2) is 5.76 Å². The number of hydrogen-bond donors (Lipinski definition) is 0. The molecule has 1 rings (SSSR count). The highest BCUT2D eigenvalue weighted by molar-refractivity contribution is 5.07. The molecule has 0 radical (unpaired) electrons. The van der Waals surface area contributed by atoms with E-state index >= 15 is 0 Å². The van der Waals surface area contributed by atoms with Crippen molar-refractivity contribution < 1.29 is 18.6 Å². The smallest absolute Gasteiger partial charge is 0.216 e. The second kappa shape index (κ2) is 5.01. The predicted octanol–water partition coefficient (Wildman–Crippen LogP) is 1.72. The molecule has 0 aromatic carbocycles.